The van der Waals surface area contributed by atoms with Crippen LogP contribution >= 0.6 is 0 Å². The van der Waals surface area contributed by atoms with Crippen LogP contribution < -0.4 is 10.2 Å². The van der Waals surface area contributed by atoms with Crippen LogP contribution in [0, 0.1) is 11.8 Å². The van der Waals surface area contributed by atoms with E-state index in [0.29, 0.717) is 18.9 Å². The number of hydrogen-bond donors (Lipinski definition) is 1. The lowest BCUT2D eigenvalue weighted by molar-refractivity contribution is -0.123. The van der Waals surface area contributed by atoms with E-state index in [-0.39, 0.29) is 23.7 Å². The van der Waals surface area contributed by atoms with Crippen molar-refractivity contribution < 1.29 is 9.59 Å². The summed E-state index contributed by atoms with van der Waals surface area (Å²) in [4.78, 5) is 27.0. The van der Waals surface area contributed by atoms with Crippen LogP contribution in [0.5, 0.6) is 0 Å². The van der Waals surface area contributed by atoms with Gasteiger partial charge in [0, 0.05) is 17.9 Å². The second kappa shape index (κ2) is 7.73. The average Bonchev–Trinajstić information content (AvgIpc) is 3.44. The molecule has 1 fully saturated rings. The SMILES string of the molecule is CCN(C(=O)C1CC1C(=O)Nc1ccc(C(C)C)cc1)c1ccccc1. The highest BCUT2D eigenvalue weighted by molar-refractivity contribution is 6.04. The fraction of sp³-hybridized carbons (Fsp3) is 0.364. The lowest BCUT2D eigenvalue weighted by Gasteiger charge is -2.21. The fourth-order valence-corrected chi connectivity index (χ4v) is 3.22. The number of hydrogen-bond acceptors (Lipinski definition) is 2. The van der Waals surface area contributed by atoms with E-state index in [1.807, 2.05) is 61.5 Å². The predicted molar refractivity (Wildman–Crippen MR) is 105 cm³/mol. The van der Waals surface area contributed by atoms with E-state index < -0.39 is 0 Å². The summed E-state index contributed by atoms with van der Waals surface area (Å²) >= 11 is 0. The van der Waals surface area contributed by atoms with Gasteiger partial charge in [-0.1, -0.05) is 44.2 Å². The Hall–Kier alpha value is -2.62. The minimum absolute atomic E-state index is 0.0361. The summed E-state index contributed by atoms with van der Waals surface area (Å²) in [5.41, 5.74) is 2.91. The third-order valence-corrected chi connectivity index (χ3v) is 4.94. The summed E-state index contributed by atoms with van der Waals surface area (Å²) in [6.45, 7) is 6.84. The maximum atomic E-state index is 12.8. The molecule has 0 radical (unpaired) electrons. The zero-order valence-corrected chi connectivity index (χ0v) is 15.6. The maximum Gasteiger partial charge on any atom is 0.230 e. The first-order chi connectivity index (χ1) is 12.5. The molecule has 2 amide bonds. The lowest BCUT2D eigenvalue weighted by Crippen LogP contribution is -2.33. The molecule has 4 heteroatoms. The van der Waals surface area contributed by atoms with Crippen molar-refractivity contribution in [2.24, 2.45) is 11.8 Å². The number of carbonyl (C=O) groups excluding carboxylic acids is 2. The number of amides is 2. The molecule has 1 aliphatic rings. The normalized spacial score (nSPS) is 18.5. The Kier molecular flexibility index (Phi) is 5.40. The van der Waals surface area contributed by atoms with Gasteiger partial charge in [-0.05, 0) is 49.1 Å². The van der Waals surface area contributed by atoms with Crippen LogP contribution in [0.25, 0.3) is 0 Å². The van der Waals surface area contributed by atoms with Gasteiger partial charge in [0.2, 0.25) is 11.8 Å². The first-order valence-corrected chi connectivity index (χ1v) is 9.28. The maximum absolute atomic E-state index is 12.8. The molecule has 0 aliphatic heterocycles. The minimum atomic E-state index is -0.231. The minimum Gasteiger partial charge on any atom is -0.326 e. The van der Waals surface area contributed by atoms with Gasteiger partial charge in [0.1, 0.15) is 0 Å². The quantitative estimate of drug-likeness (QED) is 0.837. The van der Waals surface area contributed by atoms with Gasteiger partial charge >= 0.3 is 0 Å². The van der Waals surface area contributed by atoms with E-state index in [4.69, 9.17) is 0 Å². The Morgan fingerprint density at radius 2 is 1.69 bits per heavy atom. The molecule has 0 spiro atoms. The van der Waals surface area contributed by atoms with Crippen LogP contribution in [0.2, 0.25) is 0 Å². The molecule has 2 atom stereocenters. The van der Waals surface area contributed by atoms with E-state index >= 15 is 0 Å². The number of nitrogens with zero attached hydrogens (tertiary/aromatic N) is 1. The number of rotatable bonds is 6. The third-order valence-electron chi connectivity index (χ3n) is 4.94. The van der Waals surface area contributed by atoms with Gasteiger partial charge in [-0.15, -0.1) is 0 Å². The summed E-state index contributed by atoms with van der Waals surface area (Å²) in [6, 6.07) is 17.5. The van der Waals surface area contributed by atoms with Gasteiger partial charge in [0.25, 0.3) is 0 Å². The van der Waals surface area contributed by atoms with Crippen LogP contribution in [0.4, 0.5) is 11.4 Å². The first-order valence-electron chi connectivity index (χ1n) is 9.28. The number of benzene rings is 2. The molecule has 26 heavy (non-hydrogen) atoms. The van der Waals surface area contributed by atoms with Crippen molar-refractivity contribution in [1.82, 2.24) is 0 Å². The monoisotopic (exact) mass is 350 g/mol. The van der Waals surface area contributed by atoms with Crippen LogP contribution in [-0.2, 0) is 9.59 Å². The van der Waals surface area contributed by atoms with Crippen molar-refractivity contribution in [1.29, 1.82) is 0 Å². The van der Waals surface area contributed by atoms with Crippen molar-refractivity contribution >= 4 is 23.2 Å². The highest BCUT2D eigenvalue weighted by Gasteiger charge is 2.49. The summed E-state index contributed by atoms with van der Waals surface area (Å²) in [7, 11) is 0. The topological polar surface area (TPSA) is 49.4 Å². The van der Waals surface area contributed by atoms with Gasteiger partial charge in [-0.2, -0.15) is 0 Å². The molecule has 2 unspecified atom stereocenters. The summed E-state index contributed by atoms with van der Waals surface area (Å²) in [5, 5.41) is 2.94. The zero-order chi connectivity index (χ0) is 18.7. The number of carbonyl (C=O) groups is 2. The molecule has 0 saturated heterocycles. The summed E-state index contributed by atoms with van der Waals surface area (Å²) < 4.78 is 0. The molecule has 0 bridgehead atoms. The first kappa shape index (κ1) is 18.2. The molecular formula is C22H26N2O2. The van der Waals surface area contributed by atoms with E-state index in [2.05, 4.69) is 19.2 Å². The van der Waals surface area contributed by atoms with E-state index in [0.717, 1.165) is 11.4 Å². The molecule has 2 aromatic carbocycles. The molecule has 2 aromatic rings. The average molecular weight is 350 g/mol. The molecule has 4 nitrogen and oxygen atoms in total. The highest BCUT2D eigenvalue weighted by Crippen LogP contribution is 2.41. The molecule has 1 saturated carbocycles. The Morgan fingerprint density at radius 1 is 1.04 bits per heavy atom. The van der Waals surface area contributed by atoms with Crippen molar-refractivity contribution in [3.05, 3.63) is 60.2 Å². The standard InChI is InChI=1S/C22H26N2O2/c1-4-24(18-8-6-5-7-9-18)22(26)20-14-19(20)21(25)23-17-12-10-16(11-13-17)15(2)3/h5-13,15,19-20H,4,14H2,1-3H3,(H,23,25). The summed E-state index contributed by atoms with van der Waals surface area (Å²) in [6.07, 6.45) is 0.623. The summed E-state index contributed by atoms with van der Waals surface area (Å²) in [5.74, 6) is -0.0166. The molecule has 3 rings (SSSR count). The van der Waals surface area contributed by atoms with E-state index in [1.165, 1.54) is 5.56 Å². The zero-order valence-electron chi connectivity index (χ0n) is 15.6. The molecular weight excluding hydrogens is 324 g/mol. The van der Waals surface area contributed by atoms with Crippen molar-refractivity contribution in [2.75, 3.05) is 16.8 Å². The van der Waals surface area contributed by atoms with Gasteiger partial charge in [-0.25, -0.2) is 0 Å². The molecule has 0 heterocycles. The lowest BCUT2D eigenvalue weighted by atomic mass is 10.0. The smallest absolute Gasteiger partial charge is 0.230 e. The van der Waals surface area contributed by atoms with Gasteiger partial charge in [-0.3, -0.25) is 9.59 Å². The fourth-order valence-electron chi connectivity index (χ4n) is 3.22. The van der Waals surface area contributed by atoms with Gasteiger partial charge in [0.05, 0.1) is 11.8 Å². The van der Waals surface area contributed by atoms with Gasteiger partial charge in [0.15, 0.2) is 0 Å². The third kappa shape index (κ3) is 3.96. The second-order valence-electron chi connectivity index (χ2n) is 7.13. The van der Waals surface area contributed by atoms with E-state index in [9.17, 15) is 9.59 Å². The number of anilines is 2. The Morgan fingerprint density at radius 3 is 2.27 bits per heavy atom. The number of nitrogens with one attached hydrogen (secondary N) is 1. The van der Waals surface area contributed by atoms with E-state index in [1.54, 1.807) is 4.90 Å². The molecule has 1 N–H and O–H groups in total. The van der Waals surface area contributed by atoms with Crippen LogP contribution in [-0.4, -0.2) is 18.4 Å². The number of para-hydroxylation sites is 1. The predicted octanol–water partition coefficient (Wildman–Crippen LogP) is 4.44. The Labute approximate surface area is 155 Å². The highest BCUT2D eigenvalue weighted by atomic mass is 16.2. The Bertz CT molecular complexity index is 768. The van der Waals surface area contributed by atoms with Crippen LogP contribution in [0.3, 0.4) is 0 Å². The van der Waals surface area contributed by atoms with Gasteiger partial charge < -0.3 is 10.2 Å². The van der Waals surface area contributed by atoms with Crippen LogP contribution in [0.15, 0.2) is 54.6 Å². The van der Waals surface area contributed by atoms with Crippen LogP contribution in [0.1, 0.15) is 38.7 Å². The van der Waals surface area contributed by atoms with Crippen molar-refractivity contribution in [2.45, 2.75) is 33.1 Å². The molecule has 1 aliphatic carbocycles. The second-order valence-corrected chi connectivity index (χ2v) is 7.13. The Balaban J connectivity index is 1.60. The van der Waals surface area contributed by atoms with Crippen molar-refractivity contribution in [3.8, 4) is 0 Å². The van der Waals surface area contributed by atoms with Crippen molar-refractivity contribution in [3.63, 3.8) is 0 Å². The molecule has 136 valence electrons. The molecule has 0 aromatic heterocycles. The largest absolute Gasteiger partial charge is 0.326 e.